The van der Waals surface area contributed by atoms with E-state index < -0.39 is 0 Å². The molecule has 2 rings (SSSR count). The van der Waals surface area contributed by atoms with Crippen LogP contribution in [-0.4, -0.2) is 42.8 Å². The summed E-state index contributed by atoms with van der Waals surface area (Å²) in [5.41, 5.74) is 3.61. The molecule has 0 aromatic heterocycles. The van der Waals surface area contributed by atoms with E-state index in [2.05, 4.69) is 10.5 Å². The Morgan fingerprint density at radius 3 is 2.79 bits per heavy atom. The van der Waals surface area contributed by atoms with Crippen LogP contribution in [0, 0.1) is 0 Å². The summed E-state index contributed by atoms with van der Waals surface area (Å²) in [5.74, 6) is 0.347. The van der Waals surface area contributed by atoms with E-state index in [1.165, 1.54) is 6.92 Å². The molecule has 1 aromatic rings. The second-order valence-corrected chi connectivity index (χ2v) is 4.65. The molecule has 0 unspecified atom stereocenters. The van der Waals surface area contributed by atoms with Crippen molar-refractivity contribution in [3.8, 4) is 0 Å². The lowest BCUT2D eigenvalue weighted by Crippen LogP contribution is -2.44. The van der Waals surface area contributed by atoms with Gasteiger partial charge in [-0.1, -0.05) is 17.7 Å². The fourth-order valence-electron chi connectivity index (χ4n) is 1.82. The molecule has 0 radical (unpaired) electrons. The number of rotatable bonds is 3. The Labute approximate surface area is 117 Å². The number of carbonyl (C=O) groups excluding carboxylic acids is 1. The van der Waals surface area contributed by atoms with Crippen molar-refractivity contribution in [2.45, 2.75) is 6.92 Å². The van der Waals surface area contributed by atoms with E-state index in [0.717, 1.165) is 5.69 Å². The fraction of sp³-hybridized carbons (Fsp3) is 0.385. The number of Topliss-reactive ketones (excluding diaryl/α,β-unsaturated/α-hetero) is 1. The van der Waals surface area contributed by atoms with Crippen molar-refractivity contribution < 1.29 is 9.53 Å². The van der Waals surface area contributed by atoms with E-state index in [1.54, 1.807) is 12.1 Å². The van der Waals surface area contributed by atoms with Crippen LogP contribution in [0.5, 0.6) is 0 Å². The number of nitrogens with zero attached hydrogens (tertiary/aromatic N) is 2. The zero-order valence-electron chi connectivity index (χ0n) is 10.7. The highest BCUT2D eigenvalue weighted by Crippen LogP contribution is 2.15. The molecule has 19 heavy (non-hydrogen) atoms. The van der Waals surface area contributed by atoms with Gasteiger partial charge >= 0.3 is 0 Å². The van der Waals surface area contributed by atoms with E-state index >= 15 is 0 Å². The average Bonchev–Trinajstić information content (AvgIpc) is 2.40. The summed E-state index contributed by atoms with van der Waals surface area (Å²) in [5, 5.41) is 4.81. The first-order chi connectivity index (χ1) is 9.16. The minimum atomic E-state index is -0.0728. The highest BCUT2D eigenvalue weighted by molar-refractivity contribution is 6.38. The Bertz CT molecular complexity index is 485. The second kappa shape index (κ2) is 6.54. The van der Waals surface area contributed by atoms with Gasteiger partial charge in [-0.05, 0) is 18.2 Å². The van der Waals surface area contributed by atoms with Gasteiger partial charge in [0.05, 0.1) is 18.9 Å². The van der Waals surface area contributed by atoms with Gasteiger partial charge in [-0.2, -0.15) is 5.10 Å². The van der Waals surface area contributed by atoms with Crippen molar-refractivity contribution in [3.63, 3.8) is 0 Å². The summed E-state index contributed by atoms with van der Waals surface area (Å²) in [4.78, 5) is 13.6. The van der Waals surface area contributed by atoms with Crippen molar-refractivity contribution in [2.75, 3.05) is 31.7 Å². The van der Waals surface area contributed by atoms with Gasteiger partial charge in [-0.3, -0.25) is 10.2 Å². The minimum Gasteiger partial charge on any atom is -0.378 e. The highest BCUT2D eigenvalue weighted by atomic mass is 35.5. The van der Waals surface area contributed by atoms with Gasteiger partial charge in [-0.25, -0.2) is 0 Å². The predicted molar refractivity (Wildman–Crippen MR) is 75.6 cm³/mol. The van der Waals surface area contributed by atoms with Gasteiger partial charge in [0.25, 0.3) is 0 Å². The number of morpholine rings is 1. The molecule has 1 aliphatic rings. The lowest BCUT2D eigenvalue weighted by molar-refractivity contribution is -0.112. The molecule has 6 heteroatoms. The van der Waals surface area contributed by atoms with Crippen LogP contribution in [0.2, 0.25) is 5.02 Å². The van der Waals surface area contributed by atoms with Crippen LogP contribution in [0.3, 0.4) is 0 Å². The standard InChI is InChI=1S/C13H16ClN3O2/c1-10(18)13(17-5-7-19-8-6-17)16-15-12-4-2-3-11(14)9-12/h2-4,9,15H,5-8H2,1H3. The van der Waals surface area contributed by atoms with E-state index in [4.69, 9.17) is 16.3 Å². The number of hydrogen-bond acceptors (Lipinski definition) is 4. The van der Waals surface area contributed by atoms with Gasteiger partial charge in [0, 0.05) is 25.0 Å². The van der Waals surface area contributed by atoms with Crippen LogP contribution in [-0.2, 0) is 9.53 Å². The van der Waals surface area contributed by atoms with Crippen molar-refractivity contribution in [2.24, 2.45) is 5.10 Å². The maximum Gasteiger partial charge on any atom is 0.196 e. The number of hydrazone groups is 1. The number of ketones is 1. The normalized spacial score (nSPS) is 16.3. The zero-order valence-corrected chi connectivity index (χ0v) is 11.5. The Morgan fingerprint density at radius 2 is 2.16 bits per heavy atom. The number of carbonyl (C=O) groups is 1. The number of ether oxygens (including phenoxy) is 1. The molecule has 1 aromatic carbocycles. The minimum absolute atomic E-state index is 0.0728. The van der Waals surface area contributed by atoms with Gasteiger partial charge in [0.15, 0.2) is 11.6 Å². The van der Waals surface area contributed by atoms with E-state index in [9.17, 15) is 4.79 Å². The molecular formula is C13H16ClN3O2. The molecule has 102 valence electrons. The van der Waals surface area contributed by atoms with E-state index in [1.807, 2.05) is 17.0 Å². The van der Waals surface area contributed by atoms with Gasteiger partial charge in [-0.15, -0.1) is 0 Å². The maximum atomic E-state index is 11.7. The summed E-state index contributed by atoms with van der Waals surface area (Å²) >= 11 is 5.89. The van der Waals surface area contributed by atoms with Gasteiger partial charge < -0.3 is 9.64 Å². The second-order valence-electron chi connectivity index (χ2n) is 4.21. The first kappa shape index (κ1) is 13.8. The number of amidine groups is 1. The average molecular weight is 282 g/mol. The van der Waals surface area contributed by atoms with Crippen LogP contribution in [0.4, 0.5) is 5.69 Å². The quantitative estimate of drug-likeness (QED) is 0.523. The number of nitrogens with one attached hydrogen (secondary N) is 1. The molecule has 0 bridgehead atoms. The van der Waals surface area contributed by atoms with Gasteiger partial charge in [0.1, 0.15) is 0 Å². The number of halogens is 1. The number of hydrogen-bond donors (Lipinski definition) is 1. The number of benzene rings is 1. The zero-order chi connectivity index (χ0) is 13.7. The van der Waals surface area contributed by atoms with Gasteiger partial charge in [0.2, 0.25) is 0 Å². The highest BCUT2D eigenvalue weighted by Gasteiger charge is 2.18. The third-order valence-electron chi connectivity index (χ3n) is 2.74. The predicted octanol–water partition coefficient (Wildman–Crippen LogP) is 1.99. The van der Waals surface area contributed by atoms with Crippen molar-refractivity contribution in [1.29, 1.82) is 0 Å². The number of anilines is 1. The van der Waals surface area contributed by atoms with Crippen molar-refractivity contribution >= 4 is 28.9 Å². The summed E-state index contributed by atoms with van der Waals surface area (Å²) in [6, 6.07) is 7.20. The Hall–Kier alpha value is -1.59. The fourth-order valence-corrected chi connectivity index (χ4v) is 2.01. The summed E-state index contributed by atoms with van der Waals surface area (Å²) in [6.07, 6.45) is 0. The van der Waals surface area contributed by atoms with Crippen molar-refractivity contribution in [3.05, 3.63) is 29.3 Å². The maximum absolute atomic E-state index is 11.7. The lowest BCUT2D eigenvalue weighted by Gasteiger charge is -2.28. The summed E-state index contributed by atoms with van der Waals surface area (Å²) < 4.78 is 5.26. The molecule has 1 aliphatic heterocycles. The lowest BCUT2D eigenvalue weighted by atomic mass is 10.3. The monoisotopic (exact) mass is 281 g/mol. The molecule has 0 saturated carbocycles. The molecule has 1 N–H and O–H groups in total. The smallest absolute Gasteiger partial charge is 0.196 e. The molecular weight excluding hydrogens is 266 g/mol. The molecule has 1 saturated heterocycles. The van der Waals surface area contributed by atoms with Crippen LogP contribution in [0.25, 0.3) is 0 Å². The van der Waals surface area contributed by atoms with Crippen LogP contribution >= 0.6 is 11.6 Å². The third-order valence-corrected chi connectivity index (χ3v) is 2.98. The Kier molecular flexibility index (Phi) is 4.76. The molecule has 5 nitrogen and oxygen atoms in total. The summed E-state index contributed by atoms with van der Waals surface area (Å²) in [7, 11) is 0. The van der Waals surface area contributed by atoms with E-state index in [0.29, 0.717) is 37.2 Å². The molecule has 1 fully saturated rings. The third kappa shape index (κ3) is 3.94. The summed E-state index contributed by atoms with van der Waals surface area (Å²) in [6.45, 7) is 4.09. The Balaban J connectivity index is 2.10. The van der Waals surface area contributed by atoms with Crippen LogP contribution in [0.1, 0.15) is 6.92 Å². The van der Waals surface area contributed by atoms with Crippen LogP contribution in [0.15, 0.2) is 29.4 Å². The molecule has 0 amide bonds. The van der Waals surface area contributed by atoms with Crippen LogP contribution < -0.4 is 5.43 Å². The Morgan fingerprint density at radius 1 is 1.42 bits per heavy atom. The molecule has 0 spiro atoms. The first-order valence-electron chi connectivity index (χ1n) is 6.10. The molecule has 0 atom stereocenters. The van der Waals surface area contributed by atoms with Crippen molar-refractivity contribution in [1.82, 2.24) is 4.90 Å². The van der Waals surface area contributed by atoms with E-state index in [-0.39, 0.29) is 5.78 Å². The first-order valence-corrected chi connectivity index (χ1v) is 6.47. The SMILES string of the molecule is CC(=O)C(=NNc1cccc(Cl)c1)N1CCOCC1. The molecule has 0 aliphatic carbocycles. The molecule has 1 heterocycles. The topological polar surface area (TPSA) is 53.9 Å². The largest absolute Gasteiger partial charge is 0.378 e.